The number of halogens is 2. The van der Waals surface area contributed by atoms with Crippen molar-refractivity contribution in [2.24, 2.45) is 0 Å². The summed E-state index contributed by atoms with van der Waals surface area (Å²) in [4.78, 5) is 23.5. The van der Waals surface area contributed by atoms with Gasteiger partial charge in [-0.25, -0.2) is 13.6 Å². The highest BCUT2D eigenvalue weighted by Crippen LogP contribution is 2.20. The van der Waals surface area contributed by atoms with Gasteiger partial charge in [0.25, 0.3) is 0 Å². The Hall–Kier alpha value is -2.96. The SMILES string of the molecule is CCOC(=O)NCCC(=O)NC(Cc1cccc(F)c1)c1cccc(F)c1. The second kappa shape index (κ2) is 10.3. The third-order valence-corrected chi connectivity index (χ3v) is 3.81. The molecule has 2 amide bonds. The number of carbonyl (C=O) groups is 2. The molecule has 0 spiro atoms. The smallest absolute Gasteiger partial charge is 0.407 e. The predicted octanol–water partition coefficient (Wildman–Crippen LogP) is 3.50. The van der Waals surface area contributed by atoms with Gasteiger partial charge in [0.1, 0.15) is 11.6 Å². The average Bonchev–Trinajstić information content (AvgIpc) is 2.61. The molecule has 0 aliphatic heterocycles. The maximum atomic E-state index is 13.6. The van der Waals surface area contributed by atoms with E-state index in [0.29, 0.717) is 17.5 Å². The zero-order valence-electron chi connectivity index (χ0n) is 15.0. The fraction of sp³-hybridized carbons (Fsp3) is 0.300. The molecule has 0 fully saturated rings. The molecule has 2 aromatic carbocycles. The second-order valence-corrected chi connectivity index (χ2v) is 5.91. The van der Waals surface area contributed by atoms with Crippen molar-refractivity contribution < 1.29 is 23.1 Å². The summed E-state index contributed by atoms with van der Waals surface area (Å²) in [5.41, 5.74) is 1.25. The summed E-state index contributed by atoms with van der Waals surface area (Å²) >= 11 is 0. The first-order valence-corrected chi connectivity index (χ1v) is 8.68. The highest BCUT2D eigenvalue weighted by Gasteiger charge is 2.16. The van der Waals surface area contributed by atoms with E-state index in [-0.39, 0.29) is 31.3 Å². The van der Waals surface area contributed by atoms with Gasteiger partial charge >= 0.3 is 6.09 Å². The van der Waals surface area contributed by atoms with Crippen molar-refractivity contribution >= 4 is 12.0 Å². The Balaban J connectivity index is 2.03. The van der Waals surface area contributed by atoms with E-state index in [1.165, 1.54) is 24.3 Å². The van der Waals surface area contributed by atoms with Crippen LogP contribution in [0.2, 0.25) is 0 Å². The van der Waals surface area contributed by atoms with Crippen molar-refractivity contribution in [3.63, 3.8) is 0 Å². The number of carbonyl (C=O) groups excluding carboxylic acids is 2. The lowest BCUT2D eigenvalue weighted by atomic mass is 9.98. The molecule has 2 rings (SSSR count). The third-order valence-electron chi connectivity index (χ3n) is 3.81. The molecule has 7 heteroatoms. The Bertz CT molecular complexity index is 783. The maximum Gasteiger partial charge on any atom is 0.407 e. The van der Waals surface area contributed by atoms with E-state index in [9.17, 15) is 18.4 Å². The minimum Gasteiger partial charge on any atom is -0.450 e. The Kier molecular flexibility index (Phi) is 7.73. The first kappa shape index (κ1) is 20.4. The number of hydrogen-bond acceptors (Lipinski definition) is 3. The van der Waals surface area contributed by atoms with E-state index in [4.69, 9.17) is 4.74 Å². The van der Waals surface area contributed by atoms with Gasteiger partial charge < -0.3 is 15.4 Å². The lowest BCUT2D eigenvalue weighted by Gasteiger charge is -2.20. The molecule has 0 aliphatic rings. The zero-order chi connectivity index (χ0) is 19.6. The van der Waals surface area contributed by atoms with Gasteiger partial charge in [0, 0.05) is 13.0 Å². The van der Waals surface area contributed by atoms with Crippen LogP contribution in [0.3, 0.4) is 0 Å². The van der Waals surface area contributed by atoms with Gasteiger partial charge in [-0.1, -0.05) is 24.3 Å². The lowest BCUT2D eigenvalue weighted by Crippen LogP contribution is -2.34. The summed E-state index contributed by atoms with van der Waals surface area (Å²) in [6, 6.07) is 11.4. The third kappa shape index (κ3) is 7.05. The minimum atomic E-state index is -0.591. The number of benzene rings is 2. The zero-order valence-corrected chi connectivity index (χ0v) is 15.0. The highest BCUT2D eigenvalue weighted by atomic mass is 19.1. The van der Waals surface area contributed by atoms with Gasteiger partial charge in [0.15, 0.2) is 0 Å². The molecule has 0 radical (unpaired) electrons. The molecule has 2 aromatic rings. The molecule has 144 valence electrons. The van der Waals surface area contributed by atoms with Crippen LogP contribution in [-0.2, 0) is 16.0 Å². The largest absolute Gasteiger partial charge is 0.450 e. The normalized spacial score (nSPS) is 11.5. The number of ether oxygens (including phenoxy) is 1. The first-order chi connectivity index (χ1) is 13.0. The molecular formula is C20H22F2N2O3. The number of nitrogens with one attached hydrogen (secondary N) is 2. The van der Waals surface area contributed by atoms with Crippen molar-refractivity contribution in [2.45, 2.75) is 25.8 Å². The van der Waals surface area contributed by atoms with Crippen molar-refractivity contribution in [3.05, 3.63) is 71.3 Å². The Morgan fingerprint density at radius 1 is 1.07 bits per heavy atom. The molecular weight excluding hydrogens is 354 g/mol. The van der Waals surface area contributed by atoms with E-state index >= 15 is 0 Å². The standard InChI is InChI=1S/C20H22F2N2O3/c1-2-27-20(26)23-10-9-19(25)24-18(15-6-4-8-17(22)13-15)12-14-5-3-7-16(21)11-14/h3-8,11,13,18H,2,9-10,12H2,1H3,(H,23,26)(H,24,25). The molecule has 0 saturated carbocycles. The highest BCUT2D eigenvalue weighted by molar-refractivity contribution is 5.77. The summed E-state index contributed by atoms with van der Waals surface area (Å²) < 4.78 is 31.8. The van der Waals surface area contributed by atoms with Gasteiger partial charge in [0.2, 0.25) is 5.91 Å². The molecule has 1 atom stereocenters. The molecule has 1 unspecified atom stereocenters. The summed E-state index contributed by atoms with van der Waals surface area (Å²) in [6.45, 7) is 2.04. The van der Waals surface area contributed by atoms with E-state index in [1.54, 1.807) is 31.2 Å². The van der Waals surface area contributed by atoms with Gasteiger partial charge in [0.05, 0.1) is 12.6 Å². The Morgan fingerprint density at radius 2 is 1.78 bits per heavy atom. The monoisotopic (exact) mass is 376 g/mol. The van der Waals surface area contributed by atoms with Crippen molar-refractivity contribution in [1.82, 2.24) is 10.6 Å². The van der Waals surface area contributed by atoms with E-state index in [2.05, 4.69) is 10.6 Å². The number of amides is 2. The molecule has 0 heterocycles. The van der Waals surface area contributed by atoms with Crippen LogP contribution in [0.15, 0.2) is 48.5 Å². The van der Waals surface area contributed by atoms with Gasteiger partial charge in [-0.2, -0.15) is 0 Å². The number of alkyl carbamates (subject to hydrolysis) is 1. The average molecular weight is 376 g/mol. The first-order valence-electron chi connectivity index (χ1n) is 8.68. The summed E-state index contributed by atoms with van der Waals surface area (Å²) in [6.07, 6.45) is -0.252. The summed E-state index contributed by atoms with van der Waals surface area (Å²) in [5, 5.41) is 5.28. The predicted molar refractivity (Wildman–Crippen MR) is 97.0 cm³/mol. The lowest BCUT2D eigenvalue weighted by molar-refractivity contribution is -0.121. The van der Waals surface area contributed by atoms with Crippen LogP contribution < -0.4 is 10.6 Å². The summed E-state index contributed by atoms with van der Waals surface area (Å²) in [7, 11) is 0. The van der Waals surface area contributed by atoms with Gasteiger partial charge in [-0.05, 0) is 48.7 Å². The molecule has 0 aromatic heterocycles. The van der Waals surface area contributed by atoms with Crippen LogP contribution in [-0.4, -0.2) is 25.2 Å². The van der Waals surface area contributed by atoms with Gasteiger partial charge in [-0.3, -0.25) is 4.79 Å². The summed E-state index contributed by atoms with van der Waals surface area (Å²) in [5.74, 6) is -1.12. The van der Waals surface area contributed by atoms with Crippen LogP contribution in [0, 0.1) is 11.6 Å². The van der Waals surface area contributed by atoms with Crippen molar-refractivity contribution in [3.8, 4) is 0 Å². The number of hydrogen-bond donors (Lipinski definition) is 2. The number of rotatable bonds is 8. The van der Waals surface area contributed by atoms with E-state index < -0.39 is 18.0 Å². The maximum absolute atomic E-state index is 13.6. The van der Waals surface area contributed by atoms with Crippen LogP contribution in [0.4, 0.5) is 13.6 Å². The van der Waals surface area contributed by atoms with E-state index in [0.717, 1.165) is 0 Å². The molecule has 27 heavy (non-hydrogen) atoms. The fourth-order valence-electron chi connectivity index (χ4n) is 2.60. The fourth-order valence-corrected chi connectivity index (χ4v) is 2.60. The topological polar surface area (TPSA) is 67.4 Å². The van der Waals surface area contributed by atoms with Crippen LogP contribution >= 0.6 is 0 Å². The molecule has 5 nitrogen and oxygen atoms in total. The van der Waals surface area contributed by atoms with Gasteiger partial charge in [-0.15, -0.1) is 0 Å². The molecule has 0 bridgehead atoms. The van der Waals surface area contributed by atoms with E-state index in [1.807, 2.05) is 0 Å². The Morgan fingerprint density at radius 3 is 2.44 bits per heavy atom. The van der Waals surface area contributed by atoms with Crippen molar-refractivity contribution in [2.75, 3.05) is 13.2 Å². The molecule has 2 N–H and O–H groups in total. The Labute approximate surface area is 156 Å². The van der Waals surface area contributed by atoms with Crippen LogP contribution in [0.5, 0.6) is 0 Å². The quantitative estimate of drug-likeness (QED) is 0.741. The van der Waals surface area contributed by atoms with Crippen LogP contribution in [0.1, 0.15) is 30.5 Å². The van der Waals surface area contributed by atoms with Crippen molar-refractivity contribution in [1.29, 1.82) is 0 Å². The van der Waals surface area contributed by atoms with Crippen LogP contribution in [0.25, 0.3) is 0 Å². The minimum absolute atomic E-state index is 0.0355. The second-order valence-electron chi connectivity index (χ2n) is 5.91. The molecule has 0 aliphatic carbocycles. The molecule has 0 saturated heterocycles.